The molecule has 0 aliphatic carbocycles. The van der Waals surface area contributed by atoms with E-state index in [2.05, 4.69) is 35.2 Å². The molecule has 0 aliphatic heterocycles. The number of carboxylic acid groups (broad SMARTS) is 1. The summed E-state index contributed by atoms with van der Waals surface area (Å²) in [5.41, 5.74) is 3.54. The third-order valence-corrected chi connectivity index (χ3v) is 7.95. The Bertz CT molecular complexity index is 1560. The molecule has 0 radical (unpaired) electrons. The Hall–Kier alpha value is -4.08. The summed E-state index contributed by atoms with van der Waals surface area (Å²) in [7, 11) is 0. The second-order valence-corrected chi connectivity index (χ2v) is 11.5. The largest absolute Gasteiger partial charge is 0.478 e. The van der Waals surface area contributed by atoms with Crippen LogP contribution < -0.4 is 10.6 Å². The van der Waals surface area contributed by atoms with E-state index in [9.17, 15) is 19.5 Å². The van der Waals surface area contributed by atoms with Crippen LogP contribution in [0.5, 0.6) is 0 Å². The highest BCUT2D eigenvalue weighted by atomic mass is 35.5. The van der Waals surface area contributed by atoms with Gasteiger partial charge in [0, 0.05) is 32.1 Å². The number of carbonyl (C=O) groups excluding carboxylic acids is 2. The van der Waals surface area contributed by atoms with E-state index < -0.39 is 11.2 Å². The number of aryl methyl sites for hydroxylation is 1. The molecule has 1 aromatic heterocycles. The number of nitrogens with zero attached hydrogens (tertiary/aromatic N) is 2. The SMILES string of the molecule is CCCCc1nc(Cl)cn1[C@H](CNC(=O)CCNC(=O)[C@@H](S)Cc1ccccc1)c1ccc(-c2ccccc2C(=O)O)cc1. The Balaban J connectivity index is 1.44. The average molecular weight is 633 g/mol. The van der Waals surface area contributed by atoms with Gasteiger partial charge in [-0.1, -0.05) is 97.7 Å². The second kappa shape index (κ2) is 16.1. The van der Waals surface area contributed by atoms with E-state index in [1.54, 1.807) is 24.4 Å². The van der Waals surface area contributed by atoms with E-state index in [1.807, 2.05) is 65.2 Å². The molecule has 230 valence electrons. The third kappa shape index (κ3) is 8.97. The van der Waals surface area contributed by atoms with Gasteiger partial charge in [0.2, 0.25) is 11.8 Å². The molecule has 44 heavy (non-hydrogen) atoms. The van der Waals surface area contributed by atoms with E-state index in [4.69, 9.17) is 11.6 Å². The highest BCUT2D eigenvalue weighted by Gasteiger charge is 2.21. The Morgan fingerprint density at radius 3 is 2.39 bits per heavy atom. The monoisotopic (exact) mass is 632 g/mol. The van der Waals surface area contributed by atoms with Crippen LogP contribution in [0, 0.1) is 0 Å². The number of halogens is 1. The van der Waals surface area contributed by atoms with Gasteiger partial charge in [0.15, 0.2) is 0 Å². The average Bonchev–Trinajstić information content (AvgIpc) is 3.40. The van der Waals surface area contributed by atoms with Crippen LogP contribution in [0.3, 0.4) is 0 Å². The van der Waals surface area contributed by atoms with Crippen molar-refractivity contribution in [3.05, 3.63) is 113 Å². The number of carbonyl (C=O) groups is 3. The highest BCUT2D eigenvalue weighted by molar-refractivity contribution is 7.81. The van der Waals surface area contributed by atoms with Crippen LogP contribution in [0.1, 0.15) is 59.5 Å². The molecular weight excluding hydrogens is 596 g/mol. The fraction of sp³-hybridized carbons (Fsp3) is 0.294. The van der Waals surface area contributed by atoms with Gasteiger partial charge in [-0.05, 0) is 41.2 Å². The van der Waals surface area contributed by atoms with Crippen LogP contribution in [0.2, 0.25) is 5.15 Å². The van der Waals surface area contributed by atoms with Crippen LogP contribution >= 0.6 is 24.2 Å². The number of aromatic nitrogens is 2. The molecule has 3 aromatic carbocycles. The molecule has 3 N–H and O–H groups in total. The van der Waals surface area contributed by atoms with Crippen LogP contribution in [-0.2, 0) is 22.4 Å². The van der Waals surface area contributed by atoms with Gasteiger partial charge >= 0.3 is 5.97 Å². The zero-order valence-electron chi connectivity index (χ0n) is 24.6. The number of aromatic carboxylic acids is 1. The molecule has 0 saturated heterocycles. The smallest absolute Gasteiger partial charge is 0.336 e. The van der Waals surface area contributed by atoms with Gasteiger partial charge < -0.3 is 20.3 Å². The van der Waals surface area contributed by atoms with Gasteiger partial charge in [0.05, 0.1) is 16.9 Å². The predicted molar refractivity (Wildman–Crippen MR) is 176 cm³/mol. The lowest BCUT2D eigenvalue weighted by Crippen LogP contribution is -2.37. The number of hydrogen-bond donors (Lipinski definition) is 4. The number of carboxylic acids is 1. The predicted octanol–water partition coefficient (Wildman–Crippen LogP) is 6.00. The first-order valence-corrected chi connectivity index (χ1v) is 15.6. The zero-order valence-corrected chi connectivity index (χ0v) is 26.2. The number of thiol groups is 1. The van der Waals surface area contributed by atoms with Gasteiger partial charge in [0.1, 0.15) is 11.0 Å². The maximum atomic E-state index is 12.9. The number of unbranched alkanes of at least 4 members (excludes halogenated alkanes) is 1. The first-order valence-electron chi connectivity index (χ1n) is 14.7. The lowest BCUT2D eigenvalue weighted by molar-refractivity contribution is -0.122. The zero-order chi connectivity index (χ0) is 31.5. The molecule has 1 heterocycles. The van der Waals surface area contributed by atoms with Crippen molar-refractivity contribution in [2.45, 2.75) is 50.3 Å². The molecule has 0 unspecified atom stereocenters. The Kier molecular flexibility index (Phi) is 12.0. The van der Waals surface area contributed by atoms with Crippen molar-refractivity contribution >= 4 is 42.0 Å². The van der Waals surface area contributed by atoms with Crippen LogP contribution in [0.25, 0.3) is 11.1 Å². The van der Waals surface area contributed by atoms with Gasteiger partial charge in [-0.3, -0.25) is 9.59 Å². The number of hydrogen-bond acceptors (Lipinski definition) is 5. The lowest BCUT2D eigenvalue weighted by atomic mass is 9.97. The van der Waals surface area contributed by atoms with Gasteiger partial charge in [-0.15, -0.1) is 0 Å². The minimum Gasteiger partial charge on any atom is -0.478 e. The number of imidazole rings is 1. The summed E-state index contributed by atoms with van der Waals surface area (Å²) in [5.74, 6) is -0.596. The molecule has 2 atom stereocenters. The summed E-state index contributed by atoms with van der Waals surface area (Å²) >= 11 is 10.8. The topological polar surface area (TPSA) is 113 Å². The first-order chi connectivity index (χ1) is 21.3. The molecule has 8 nitrogen and oxygen atoms in total. The van der Waals surface area contributed by atoms with Gasteiger partial charge in [-0.2, -0.15) is 12.6 Å². The van der Waals surface area contributed by atoms with Crippen molar-refractivity contribution in [1.82, 2.24) is 20.2 Å². The maximum absolute atomic E-state index is 12.9. The molecule has 2 amide bonds. The second-order valence-electron chi connectivity index (χ2n) is 10.5. The van der Waals surface area contributed by atoms with E-state index in [-0.39, 0.29) is 42.9 Å². The van der Waals surface area contributed by atoms with Crippen LogP contribution in [0.15, 0.2) is 85.1 Å². The fourth-order valence-electron chi connectivity index (χ4n) is 5.02. The molecule has 4 rings (SSSR count). The van der Waals surface area contributed by atoms with E-state index in [1.165, 1.54) is 0 Å². The third-order valence-electron chi connectivity index (χ3n) is 7.35. The van der Waals surface area contributed by atoms with Crippen molar-refractivity contribution in [3.63, 3.8) is 0 Å². The van der Waals surface area contributed by atoms with Gasteiger partial charge in [-0.25, -0.2) is 9.78 Å². The molecule has 10 heteroatoms. The quantitative estimate of drug-likeness (QED) is 0.120. The molecule has 0 saturated carbocycles. The van der Waals surface area contributed by atoms with Crippen molar-refractivity contribution in [3.8, 4) is 11.1 Å². The van der Waals surface area contributed by atoms with Crippen molar-refractivity contribution in [1.29, 1.82) is 0 Å². The molecular formula is C34H37ClN4O4S. The minimum absolute atomic E-state index is 0.114. The van der Waals surface area contributed by atoms with Crippen molar-refractivity contribution in [2.24, 2.45) is 0 Å². The summed E-state index contributed by atoms with van der Waals surface area (Å²) in [6.07, 6.45) is 5.05. The minimum atomic E-state index is -0.990. The normalized spacial score (nSPS) is 12.3. The number of rotatable bonds is 15. The summed E-state index contributed by atoms with van der Waals surface area (Å²) in [4.78, 5) is 41.7. The van der Waals surface area contributed by atoms with Crippen molar-refractivity contribution in [2.75, 3.05) is 13.1 Å². The van der Waals surface area contributed by atoms with Crippen LogP contribution in [0.4, 0.5) is 0 Å². The molecule has 0 aliphatic rings. The Morgan fingerprint density at radius 1 is 0.977 bits per heavy atom. The van der Waals surface area contributed by atoms with Crippen LogP contribution in [-0.4, -0.2) is 50.8 Å². The van der Waals surface area contributed by atoms with E-state index in [0.29, 0.717) is 17.1 Å². The number of benzene rings is 3. The summed E-state index contributed by atoms with van der Waals surface area (Å²) in [6.45, 7) is 2.57. The van der Waals surface area contributed by atoms with E-state index in [0.717, 1.165) is 41.8 Å². The standard InChI is InChI=1S/C34H37ClN4O4S/c1-2-3-13-31-38-30(35)22-39(31)28(25-16-14-24(15-17-25)26-11-7-8-12-27(26)34(42)43)21-37-32(40)18-19-36-33(41)29(44)20-23-9-5-4-6-10-23/h4-12,14-17,22,28-29,44H,2-3,13,18-21H2,1H3,(H,36,41)(H,37,40)(H,42,43)/t28-,29+/m1/s1. The molecule has 0 spiro atoms. The highest BCUT2D eigenvalue weighted by Crippen LogP contribution is 2.28. The summed E-state index contributed by atoms with van der Waals surface area (Å²) in [5, 5.41) is 15.3. The lowest BCUT2D eigenvalue weighted by Gasteiger charge is -2.22. The molecule has 0 fully saturated rings. The maximum Gasteiger partial charge on any atom is 0.336 e. The van der Waals surface area contributed by atoms with E-state index >= 15 is 0 Å². The number of nitrogens with one attached hydrogen (secondary N) is 2. The Morgan fingerprint density at radius 2 is 1.68 bits per heavy atom. The first kappa shape index (κ1) is 32.8. The summed E-state index contributed by atoms with van der Waals surface area (Å²) in [6, 6.07) is 23.9. The van der Waals surface area contributed by atoms with Crippen molar-refractivity contribution < 1.29 is 19.5 Å². The molecule has 4 aromatic rings. The fourth-order valence-corrected chi connectivity index (χ4v) is 5.52. The summed E-state index contributed by atoms with van der Waals surface area (Å²) < 4.78 is 2.00. The molecule has 0 bridgehead atoms. The number of amides is 2. The van der Waals surface area contributed by atoms with Gasteiger partial charge in [0.25, 0.3) is 0 Å². The Labute approximate surface area is 268 Å².